The van der Waals surface area contributed by atoms with Gasteiger partial charge in [-0.05, 0) is 73.3 Å². The molecule has 4 fully saturated rings. The molecule has 4 aliphatic carbocycles. The number of fused-ring (bicyclic) bond motifs is 1. The van der Waals surface area contributed by atoms with E-state index in [1.54, 1.807) is 24.4 Å². The van der Waals surface area contributed by atoms with Crippen LogP contribution in [0.25, 0.3) is 10.9 Å². The molecule has 10 heteroatoms. The van der Waals surface area contributed by atoms with Gasteiger partial charge in [0.05, 0.1) is 44.6 Å². The highest BCUT2D eigenvalue weighted by Gasteiger charge is 2.56. The van der Waals surface area contributed by atoms with Gasteiger partial charge in [-0.15, -0.1) is 5.53 Å². The van der Waals surface area contributed by atoms with Crippen LogP contribution in [0.2, 0.25) is 5.02 Å². The smallest absolute Gasteiger partial charge is 0.119 e. The van der Waals surface area contributed by atoms with Crippen molar-refractivity contribution in [1.82, 2.24) is 21.0 Å². The fraction of sp³-hybridized carbons (Fsp3) is 0.345. The van der Waals surface area contributed by atoms with Crippen molar-refractivity contribution in [3.63, 3.8) is 0 Å². The summed E-state index contributed by atoms with van der Waals surface area (Å²) in [7, 11) is 7.15. The average Bonchev–Trinajstić information content (AvgIpc) is 3.62. The van der Waals surface area contributed by atoms with E-state index in [1.807, 2.05) is 29.4 Å². The minimum absolute atomic E-state index is 0.353. The number of hydrogen-bond acceptors (Lipinski definition) is 8. The number of nitriles is 2. The monoisotopic (exact) mass is 532 g/mol. The van der Waals surface area contributed by atoms with E-state index < -0.39 is 5.44 Å². The molecule has 5 aliphatic rings. The number of hydrazine groups is 2. The summed E-state index contributed by atoms with van der Waals surface area (Å²) < 4.78 is 0. The van der Waals surface area contributed by atoms with Crippen molar-refractivity contribution in [2.24, 2.45) is 11.3 Å². The molecule has 2 heterocycles. The molecule has 8 rings (SSSR count). The quantitative estimate of drug-likeness (QED) is 0.311. The summed E-state index contributed by atoms with van der Waals surface area (Å²) in [5, 5.41) is 29.7. The Bertz CT molecular complexity index is 1600. The van der Waals surface area contributed by atoms with Gasteiger partial charge in [0, 0.05) is 36.1 Å². The molecule has 2 bridgehead atoms. The maximum Gasteiger partial charge on any atom is 0.119 e. The highest BCUT2D eigenvalue weighted by molar-refractivity contribution is 6.36. The number of pyridine rings is 1. The van der Waals surface area contributed by atoms with Crippen molar-refractivity contribution >= 4 is 41.7 Å². The first-order valence-electron chi connectivity index (χ1n) is 13.3. The number of rotatable bonds is 8. The van der Waals surface area contributed by atoms with Gasteiger partial charge in [-0.25, -0.2) is 0 Å². The lowest BCUT2D eigenvalue weighted by molar-refractivity contribution is -0.0929. The molecule has 0 saturated heterocycles. The summed E-state index contributed by atoms with van der Waals surface area (Å²) in [6.45, 7) is 0.827. The number of nitrogens with zero attached hydrogens (tertiary/aromatic N) is 4. The summed E-state index contributed by atoms with van der Waals surface area (Å²) in [4.78, 5) is 4.50. The van der Waals surface area contributed by atoms with E-state index in [9.17, 15) is 10.5 Å². The number of aromatic nitrogens is 1. The van der Waals surface area contributed by atoms with Crippen molar-refractivity contribution in [2.75, 3.05) is 17.2 Å². The minimum Gasteiger partial charge on any atom is -0.383 e. The van der Waals surface area contributed by atoms with Crippen molar-refractivity contribution in [3.8, 4) is 12.1 Å². The average molecular weight is 533 g/mol. The number of benzene rings is 2. The second kappa shape index (κ2) is 8.81. The van der Waals surface area contributed by atoms with Crippen LogP contribution in [0.4, 0.5) is 11.4 Å². The Kier molecular flexibility index (Phi) is 5.45. The second-order valence-electron chi connectivity index (χ2n) is 11.4. The predicted octanol–water partition coefficient (Wildman–Crippen LogP) is 4.61. The fourth-order valence-corrected chi connectivity index (χ4v) is 6.46. The highest BCUT2D eigenvalue weighted by Crippen LogP contribution is 2.64. The summed E-state index contributed by atoms with van der Waals surface area (Å²) >= 11 is 6.77. The van der Waals surface area contributed by atoms with Gasteiger partial charge < -0.3 is 16.1 Å². The number of nitrogens with one attached hydrogen (secondary N) is 4. The Morgan fingerprint density at radius 3 is 2.69 bits per heavy atom. The largest absolute Gasteiger partial charge is 0.383 e. The van der Waals surface area contributed by atoms with Gasteiger partial charge in [0.25, 0.3) is 0 Å². The Hall–Kier alpha value is -3.92. The van der Waals surface area contributed by atoms with Crippen molar-refractivity contribution in [2.45, 2.75) is 43.6 Å². The van der Waals surface area contributed by atoms with Gasteiger partial charge in [0.2, 0.25) is 0 Å². The van der Waals surface area contributed by atoms with E-state index in [4.69, 9.17) is 19.4 Å². The van der Waals surface area contributed by atoms with E-state index in [2.05, 4.69) is 38.7 Å². The molecule has 0 amide bonds. The van der Waals surface area contributed by atoms with Crippen molar-refractivity contribution in [3.05, 3.63) is 76.2 Å². The molecule has 2 radical (unpaired) electrons. The molecule has 4 N–H and O–H groups in total. The van der Waals surface area contributed by atoms with Crippen LogP contribution < -0.4 is 21.6 Å². The lowest BCUT2D eigenvalue weighted by atomic mass is 9.44. The van der Waals surface area contributed by atoms with Crippen LogP contribution >= 0.6 is 11.6 Å². The summed E-state index contributed by atoms with van der Waals surface area (Å²) in [6.07, 6.45) is 9.53. The van der Waals surface area contributed by atoms with E-state index in [0.717, 1.165) is 36.4 Å². The van der Waals surface area contributed by atoms with Gasteiger partial charge >= 0.3 is 0 Å². The molecule has 0 spiro atoms. The van der Waals surface area contributed by atoms with E-state index >= 15 is 0 Å². The molecule has 192 valence electrons. The lowest BCUT2D eigenvalue weighted by Crippen LogP contribution is -2.55. The Balaban J connectivity index is 1.30. The highest BCUT2D eigenvalue weighted by atomic mass is 35.5. The zero-order valence-electron chi connectivity index (χ0n) is 21.3. The van der Waals surface area contributed by atoms with Crippen molar-refractivity contribution < 1.29 is 0 Å². The van der Waals surface area contributed by atoms with E-state index in [1.165, 1.54) is 19.3 Å². The fourth-order valence-electron chi connectivity index (χ4n) is 6.19. The predicted molar refractivity (Wildman–Crippen MR) is 151 cm³/mol. The van der Waals surface area contributed by atoms with Gasteiger partial charge in [0.15, 0.2) is 0 Å². The molecule has 4 saturated carbocycles. The molecule has 8 nitrogen and oxygen atoms in total. The van der Waals surface area contributed by atoms with Crippen LogP contribution in [0.1, 0.15) is 48.8 Å². The second-order valence-corrected chi connectivity index (χ2v) is 11.8. The molecule has 1 atom stereocenters. The van der Waals surface area contributed by atoms with Crippen molar-refractivity contribution in [1.29, 1.82) is 10.5 Å². The Morgan fingerprint density at radius 2 is 2.00 bits per heavy atom. The molecular formula is C29H26BClN8. The number of hydrogen-bond donors (Lipinski definition) is 4. The third kappa shape index (κ3) is 4.05. The van der Waals surface area contributed by atoms with Gasteiger partial charge in [-0.2, -0.15) is 10.5 Å². The first-order valence-corrected chi connectivity index (χ1v) is 13.6. The van der Waals surface area contributed by atoms with Gasteiger partial charge in [-0.1, -0.05) is 23.7 Å². The SMILES string of the molecule is [B]C(Nc1cc(Cl)c2ncc(C#N)c(NCC34CC(C3)C4)c2c1)(C1=CN(C2CC2)NN1)c1cccc(C#N)c1. The van der Waals surface area contributed by atoms with E-state index in [0.29, 0.717) is 50.1 Å². The Labute approximate surface area is 233 Å². The molecule has 39 heavy (non-hydrogen) atoms. The minimum atomic E-state index is -1.22. The van der Waals surface area contributed by atoms with Crippen LogP contribution in [-0.4, -0.2) is 30.4 Å². The molecule has 1 unspecified atom stereocenters. The summed E-state index contributed by atoms with van der Waals surface area (Å²) in [5.41, 5.74) is 9.97. The van der Waals surface area contributed by atoms with Crippen LogP contribution in [0.5, 0.6) is 0 Å². The third-order valence-corrected chi connectivity index (χ3v) is 8.88. The first-order chi connectivity index (χ1) is 18.9. The third-order valence-electron chi connectivity index (χ3n) is 8.59. The summed E-state index contributed by atoms with van der Waals surface area (Å²) in [6, 6.07) is 15.9. The molecular weight excluding hydrogens is 507 g/mol. The topological polar surface area (TPSA) is 112 Å². The first kappa shape index (κ1) is 24.1. The van der Waals surface area contributed by atoms with E-state index in [-0.39, 0.29) is 0 Å². The van der Waals surface area contributed by atoms with Crippen LogP contribution in [0.15, 0.2) is 54.5 Å². The zero-order chi connectivity index (χ0) is 26.8. The number of anilines is 2. The maximum atomic E-state index is 9.88. The van der Waals surface area contributed by atoms with Crippen LogP contribution in [0.3, 0.4) is 0 Å². The molecule has 1 aromatic heterocycles. The van der Waals surface area contributed by atoms with Gasteiger partial charge in [-0.3, -0.25) is 9.99 Å². The zero-order valence-corrected chi connectivity index (χ0v) is 22.0. The maximum absolute atomic E-state index is 9.88. The van der Waals surface area contributed by atoms with Crippen LogP contribution in [-0.2, 0) is 5.44 Å². The molecule has 1 aliphatic heterocycles. The Morgan fingerprint density at radius 1 is 1.18 bits per heavy atom. The molecule has 2 aromatic carbocycles. The van der Waals surface area contributed by atoms with Gasteiger partial charge in [0.1, 0.15) is 13.9 Å². The lowest BCUT2D eigenvalue weighted by Gasteiger charge is -2.62. The summed E-state index contributed by atoms with van der Waals surface area (Å²) in [5.74, 6) is 0.878. The molecule has 3 aromatic rings. The normalized spacial score (nSPS) is 24.3. The standard InChI is InChI=1S/C29H26BClN8/c30-29(20-3-1-2-17(6-20)12-32,25-15-39(38-37-25)22-4-5-22)36-21-7-23-26(35-16-28-9-18(10-28)11-28)19(13-33)14-34-27(23)24(31)8-21/h1-3,6-8,14-15,18,22,36-38H,4-5,9-11,16H2,(H,34,35). The number of halogens is 1. The van der Waals surface area contributed by atoms with Crippen LogP contribution in [0, 0.1) is 34.0 Å².